The molecule has 2 N–H and O–H groups in total. The Bertz CT molecular complexity index is 927. The summed E-state index contributed by atoms with van der Waals surface area (Å²) in [5.74, 6) is -0.987. The van der Waals surface area contributed by atoms with E-state index in [1.54, 1.807) is 6.92 Å². The lowest BCUT2D eigenvalue weighted by atomic mass is 9.96. The average molecular weight is 439 g/mol. The maximum atomic E-state index is 12.6. The zero-order valence-electron chi connectivity index (χ0n) is 17.0. The fraction of sp³-hybridized carbons (Fsp3) is 0.526. The van der Waals surface area contributed by atoms with Crippen molar-refractivity contribution in [3.05, 3.63) is 24.3 Å². The van der Waals surface area contributed by atoms with Gasteiger partial charge in [-0.2, -0.15) is 4.31 Å². The molecule has 0 unspecified atom stereocenters. The maximum absolute atomic E-state index is 12.6. The molecule has 2 aliphatic rings. The number of morpholine rings is 1. The number of sulfonamides is 1. The molecule has 4 amide bonds. The van der Waals surface area contributed by atoms with Crippen molar-refractivity contribution in [1.29, 1.82) is 0 Å². The van der Waals surface area contributed by atoms with Gasteiger partial charge >= 0.3 is 6.03 Å². The van der Waals surface area contributed by atoms with E-state index in [4.69, 9.17) is 4.74 Å². The molecular formula is C19H26N4O6S. The number of imide groups is 1. The van der Waals surface area contributed by atoms with Gasteiger partial charge in [0, 0.05) is 18.8 Å². The monoisotopic (exact) mass is 438 g/mol. The second-order valence-electron chi connectivity index (χ2n) is 7.49. The van der Waals surface area contributed by atoms with Crippen molar-refractivity contribution >= 4 is 33.6 Å². The van der Waals surface area contributed by atoms with E-state index in [-0.39, 0.29) is 4.90 Å². The van der Waals surface area contributed by atoms with Crippen LogP contribution in [0.15, 0.2) is 29.2 Å². The molecule has 2 heterocycles. The van der Waals surface area contributed by atoms with Crippen LogP contribution >= 0.6 is 0 Å². The van der Waals surface area contributed by atoms with Gasteiger partial charge in [0.2, 0.25) is 15.9 Å². The van der Waals surface area contributed by atoms with Crippen LogP contribution in [0, 0.1) is 0 Å². The molecule has 30 heavy (non-hydrogen) atoms. The maximum Gasteiger partial charge on any atom is 0.325 e. The predicted octanol–water partition coefficient (Wildman–Crippen LogP) is 0.757. The SMILES string of the molecule is CCC[C@]1(C)NC(=O)N(CC(=O)Nc2ccc(S(=O)(=O)N3CCOCC3)cc2)C1=O. The number of nitrogens with zero attached hydrogens (tertiary/aromatic N) is 2. The molecular weight excluding hydrogens is 412 g/mol. The molecule has 164 valence electrons. The van der Waals surface area contributed by atoms with Gasteiger partial charge in [0.1, 0.15) is 12.1 Å². The first-order valence-corrected chi connectivity index (χ1v) is 11.2. The second kappa shape index (κ2) is 8.70. The molecule has 1 aromatic rings. The number of ether oxygens (including phenoxy) is 1. The predicted molar refractivity (Wildman–Crippen MR) is 108 cm³/mol. The summed E-state index contributed by atoms with van der Waals surface area (Å²) in [6.45, 7) is 4.43. The lowest BCUT2D eigenvalue weighted by Gasteiger charge is -2.26. The van der Waals surface area contributed by atoms with Gasteiger partial charge in [-0.3, -0.25) is 14.5 Å². The number of carbonyl (C=O) groups excluding carboxylic acids is 3. The number of amides is 4. The van der Waals surface area contributed by atoms with E-state index in [1.807, 2.05) is 6.92 Å². The number of benzene rings is 1. The summed E-state index contributed by atoms with van der Waals surface area (Å²) in [6, 6.07) is 5.16. The Morgan fingerprint density at radius 1 is 1.20 bits per heavy atom. The summed E-state index contributed by atoms with van der Waals surface area (Å²) in [5, 5.41) is 5.22. The van der Waals surface area contributed by atoms with Crippen molar-refractivity contribution in [3.8, 4) is 0 Å². The zero-order chi connectivity index (χ0) is 21.9. The third-order valence-electron chi connectivity index (χ3n) is 5.14. The molecule has 2 aliphatic heterocycles. The summed E-state index contributed by atoms with van der Waals surface area (Å²) in [4.78, 5) is 37.9. The first-order chi connectivity index (χ1) is 14.2. The van der Waals surface area contributed by atoms with E-state index >= 15 is 0 Å². The number of rotatable bonds is 7. The van der Waals surface area contributed by atoms with Crippen LogP contribution in [0.1, 0.15) is 26.7 Å². The van der Waals surface area contributed by atoms with Crippen LogP contribution in [0.3, 0.4) is 0 Å². The van der Waals surface area contributed by atoms with Crippen LogP contribution in [0.4, 0.5) is 10.5 Å². The van der Waals surface area contributed by atoms with Crippen LogP contribution < -0.4 is 10.6 Å². The first kappa shape index (κ1) is 22.2. The number of carbonyl (C=O) groups is 3. The summed E-state index contributed by atoms with van der Waals surface area (Å²) in [5.41, 5.74) is -0.633. The highest BCUT2D eigenvalue weighted by Crippen LogP contribution is 2.23. The van der Waals surface area contributed by atoms with Gasteiger partial charge in [0.15, 0.2) is 0 Å². The molecule has 0 spiro atoms. The number of nitrogens with one attached hydrogen (secondary N) is 2. The van der Waals surface area contributed by atoms with Gasteiger partial charge in [-0.1, -0.05) is 13.3 Å². The van der Waals surface area contributed by atoms with Crippen LogP contribution in [0.2, 0.25) is 0 Å². The highest BCUT2D eigenvalue weighted by Gasteiger charge is 2.47. The van der Waals surface area contributed by atoms with Crippen molar-refractivity contribution < 1.29 is 27.5 Å². The zero-order valence-corrected chi connectivity index (χ0v) is 17.8. The molecule has 3 rings (SSSR count). The molecule has 11 heteroatoms. The normalized spacial score (nSPS) is 22.8. The molecule has 0 radical (unpaired) electrons. The molecule has 1 atom stereocenters. The Hall–Kier alpha value is -2.50. The highest BCUT2D eigenvalue weighted by molar-refractivity contribution is 7.89. The molecule has 1 aromatic carbocycles. The smallest absolute Gasteiger partial charge is 0.325 e. The van der Waals surface area contributed by atoms with Gasteiger partial charge in [0.25, 0.3) is 5.91 Å². The van der Waals surface area contributed by atoms with E-state index < -0.39 is 40.0 Å². The average Bonchev–Trinajstić information content (AvgIpc) is 2.92. The Kier molecular flexibility index (Phi) is 6.44. The lowest BCUT2D eigenvalue weighted by molar-refractivity contribution is -0.133. The minimum absolute atomic E-state index is 0.117. The van der Waals surface area contributed by atoms with Crippen molar-refractivity contribution in [1.82, 2.24) is 14.5 Å². The van der Waals surface area contributed by atoms with Gasteiger partial charge in [-0.25, -0.2) is 13.2 Å². The second-order valence-corrected chi connectivity index (χ2v) is 9.43. The number of hydrogen-bond acceptors (Lipinski definition) is 6. The van der Waals surface area contributed by atoms with Gasteiger partial charge in [-0.05, 0) is 37.6 Å². The summed E-state index contributed by atoms with van der Waals surface area (Å²) >= 11 is 0. The third kappa shape index (κ3) is 4.47. The van der Waals surface area contributed by atoms with Crippen LogP contribution in [0.5, 0.6) is 0 Å². The summed E-state index contributed by atoms with van der Waals surface area (Å²) in [7, 11) is -3.62. The van der Waals surface area contributed by atoms with Gasteiger partial charge in [0.05, 0.1) is 18.1 Å². The topological polar surface area (TPSA) is 125 Å². The minimum atomic E-state index is -3.62. The van der Waals surface area contributed by atoms with E-state index in [0.29, 0.717) is 44.8 Å². The Labute approximate surface area is 175 Å². The fourth-order valence-electron chi connectivity index (χ4n) is 3.55. The lowest BCUT2D eigenvalue weighted by Crippen LogP contribution is -2.44. The van der Waals surface area contributed by atoms with Crippen LogP contribution in [-0.4, -0.2) is 73.9 Å². The van der Waals surface area contributed by atoms with Crippen molar-refractivity contribution in [2.45, 2.75) is 37.1 Å². The molecule has 0 aromatic heterocycles. The Balaban J connectivity index is 1.62. The largest absolute Gasteiger partial charge is 0.379 e. The van der Waals surface area contributed by atoms with Crippen molar-refractivity contribution in [2.24, 2.45) is 0 Å². The van der Waals surface area contributed by atoms with Gasteiger partial charge in [-0.15, -0.1) is 0 Å². The molecule has 10 nitrogen and oxygen atoms in total. The van der Waals surface area contributed by atoms with Crippen molar-refractivity contribution in [2.75, 3.05) is 38.2 Å². The summed E-state index contributed by atoms with van der Waals surface area (Å²) in [6.07, 6.45) is 1.19. The van der Waals surface area contributed by atoms with Crippen LogP contribution in [0.25, 0.3) is 0 Å². The first-order valence-electron chi connectivity index (χ1n) is 9.79. The van der Waals surface area contributed by atoms with E-state index in [0.717, 1.165) is 4.90 Å². The van der Waals surface area contributed by atoms with E-state index in [2.05, 4.69) is 10.6 Å². The summed E-state index contributed by atoms with van der Waals surface area (Å²) < 4.78 is 31.8. The molecule has 2 saturated heterocycles. The fourth-order valence-corrected chi connectivity index (χ4v) is 4.96. The molecule has 2 fully saturated rings. The Morgan fingerprint density at radius 3 is 2.43 bits per heavy atom. The van der Waals surface area contributed by atoms with Gasteiger partial charge < -0.3 is 15.4 Å². The number of urea groups is 1. The number of hydrogen-bond donors (Lipinski definition) is 2. The quantitative estimate of drug-likeness (QED) is 0.606. The molecule has 0 bridgehead atoms. The van der Waals surface area contributed by atoms with E-state index in [1.165, 1.54) is 28.6 Å². The Morgan fingerprint density at radius 2 is 1.83 bits per heavy atom. The van der Waals surface area contributed by atoms with E-state index in [9.17, 15) is 22.8 Å². The molecule has 0 aliphatic carbocycles. The third-order valence-corrected chi connectivity index (χ3v) is 7.06. The van der Waals surface area contributed by atoms with Crippen LogP contribution in [-0.2, 0) is 24.3 Å². The van der Waals surface area contributed by atoms with Crippen molar-refractivity contribution in [3.63, 3.8) is 0 Å². The highest BCUT2D eigenvalue weighted by atomic mass is 32.2. The standard InChI is InChI=1S/C19H26N4O6S/c1-3-8-19(2)17(25)23(18(26)21-19)13-16(24)20-14-4-6-15(7-5-14)30(27,28)22-9-11-29-12-10-22/h4-7H,3,8-13H2,1-2H3,(H,20,24)(H,21,26)/t19-/m0/s1. The molecule has 0 saturated carbocycles. The minimum Gasteiger partial charge on any atom is -0.379 e. The number of anilines is 1.